The average Bonchev–Trinajstić information content (AvgIpc) is 2.84. The van der Waals surface area contributed by atoms with E-state index in [-0.39, 0.29) is 5.56 Å². The number of non-ortho nitro benzene ring substituents is 2. The molecule has 35 heavy (non-hydrogen) atoms. The van der Waals surface area contributed by atoms with Crippen LogP contribution in [0.5, 0.6) is 11.5 Å². The number of nitro benzene ring substituents is 2. The first kappa shape index (κ1) is 23.9. The summed E-state index contributed by atoms with van der Waals surface area (Å²) >= 11 is 0. The number of hydrogen-bond acceptors (Lipinski definition) is 8. The summed E-state index contributed by atoms with van der Waals surface area (Å²) in [4.78, 5) is 33.6. The van der Waals surface area contributed by atoms with E-state index in [0.717, 1.165) is 41.1 Å². The van der Waals surface area contributed by atoms with Crippen LogP contribution in [0, 0.1) is 26.1 Å². The Hall–Kier alpha value is -4.21. The lowest BCUT2D eigenvalue weighted by Gasteiger charge is -2.34. The third-order valence-electron chi connectivity index (χ3n) is 6.12. The highest BCUT2D eigenvalue weighted by atomic mass is 16.6. The van der Waals surface area contributed by atoms with Gasteiger partial charge in [-0.05, 0) is 60.2 Å². The van der Waals surface area contributed by atoms with E-state index < -0.39 is 39.4 Å². The van der Waals surface area contributed by atoms with E-state index >= 15 is 0 Å². The van der Waals surface area contributed by atoms with Crippen molar-refractivity contribution in [1.29, 1.82) is 0 Å². The molecule has 0 saturated heterocycles. The molecule has 0 aliphatic heterocycles. The Labute approximate surface area is 200 Å². The molecule has 3 aromatic carbocycles. The molecule has 10 nitrogen and oxygen atoms in total. The van der Waals surface area contributed by atoms with E-state index in [1.807, 2.05) is 36.4 Å². The minimum absolute atomic E-state index is 0.249. The van der Waals surface area contributed by atoms with Crippen LogP contribution in [0.25, 0.3) is 10.8 Å². The number of ether oxygens (including phenoxy) is 3. The van der Waals surface area contributed by atoms with Crippen molar-refractivity contribution in [1.82, 2.24) is 0 Å². The minimum atomic E-state index is -0.867. The van der Waals surface area contributed by atoms with Crippen LogP contribution >= 0.6 is 0 Å². The Balaban J connectivity index is 1.56. The number of benzene rings is 3. The second kappa shape index (κ2) is 9.96. The molecule has 10 heteroatoms. The molecule has 0 N–H and O–H groups in total. The fraction of sp³-hybridized carbons (Fsp3) is 0.320. The maximum absolute atomic E-state index is 12.9. The van der Waals surface area contributed by atoms with E-state index in [2.05, 4.69) is 6.92 Å². The standard InChI is InChI=1S/C25H24N2O8/c1-15-3-8-23(35-25(28)18-10-19(26(29)30)14-20(11-18)27(31)32)24(9-15)34-22-7-5-16-4-6-21(33-2)12-17(16)13-22/h4-7,10-15,23-24H,3,8-9H2,1-2H3/t15-,23+,24+/m0/s1. The van der Waals surface area contributed by atoms with E-state index in [1.165, 1.54) is 0 Å². The molecule has 0 aromatic heterocycles. The summed E-state index contributed by atoms with van der Waals surface area (Å²) < 4.78 is 17.2. The quantitative estimate of drug-likeness (QED) is 0.247. The number of fused-ring (bicyclic) bond motifs is 1. The number of esters is 1. The fourth-order valence-corrected chi connectivity index (χ4v) is 4.27. The lowest BCUT2D eigenvalue weighted by atomic mass is 9.86. The Kier molecular flexibility index (Phi) is 6.81. The molecule has 0 spiro atoms. The van der Waals surface area contributed by atoms with E-state index in [1.54, 1.807) is 7.11 Å². The second-order valence-corrected chi connectivity index (χ2v) is 8.65. The summed E-state index contributed by atoms with van der Waals surface area (Å²) in [5.41, 5.74) is -1.35. The Morgan fingerprint density at radius 1 is 0.857 bits per heavy atom. The number of nitrogens with zero attached hydrogens (tertiary/aromatic N) is 2. The summed E-state index contributed by atoms with van der Waals surface area (Å²) in [5.74, 6) is 0.804. The zero-order chi connectivity index (χ0) is 25.1. The molecule has 0 radical (unpaired) electrons. The first-order valence-electron chi connectivity index (χ1n) is 11.1. The van der Waals surface area contributed by atoms with Crippen molar-refractivity contribution in [3.05, 3.63) is 80.4 Å². The van der Waals surface area contributed by atoms with Crippen molar-refractivity contribution < 1.29 is 28.9 Å². The van der Waals surface area contributed by atoms with Gasteiger partial charge in [-0.15, -0.1) is 0 Å². The Morgan fingerprint density at radius 3 is 2.11 bits per heavy atom. The molecular weight excluding hydrogens is 456 g/mol. The maximum Gasteiger partial charge on any atom is 0.339 e. The summed E-state index contributed by atoms with van der Waals surface area (Å²) in [6.07, 6.45) is 0.929. The number of carbonyl (C=O) groups is 1. The lowest BCUT2D eigenvalue weighted by Crippen LogP contribution is -2.40. The zero-order valence-corrected chi connectivity index (χ0v) is 19.2. The Morgan fingerprint density at radius 2 is 1.49 bits per heavy atom. The van der Waals surface area contributed by atoms with Gasteiger partial charge in [-0.1, -0.05) is 19.1 Å². The summed E-state index contributed by atoms with van der Waals surface area (Å²) in [6.45, 7) is 2.09. The SMILES string of the molecule is COc1ccc2ccc(O[C@@H]3C[C@@H](C)CC[C@H]3OC(=O)c3cc([N+](=O)[O-])cc([N+](=O)[O-])c3)cc2c1. The van der Waals surface area contributed by atoms with Crippen molar-refractivity contribution in [2.45, 2.75) is 38.4 Å². The van der Waals surface area contributed by atoms with Gasteiger partial charge in [0.05, 0.1) is 28.6 Å². The molecule has 1 fully saturated rings. The molecule has 182 valence electrons. The zero-order valence-electron chi connectivity index (χ0n) is 19.2. The highest BCUT2D eigenvalue weighted by Gasteiger charge is 2.34. The molecule has 0 bridgehead atoms. The van der Waals surface area contributed by atoms with Crippen molar-refractivity contribution in [3.8, 4) is 11.5 Å². The van der Waals surface area contributed by atoms with Crippen molar-refractivity contribution in [2.24, 2.45) is 5.92 Å². The molecule has 3 atom stereocenters. The van der Waals surface area contributed by atoms with Crippen molar-refractivity contribution >= 4 is 28.1 Å². The summed E-state index contributed by atoms with van der Waals surface area (Å²) in [5, 5.41) is 24.3. The van der Waals surface area contributed by atoms with Gasteiger partial charge in [-0.2, -0.15) is 0 Å². The van der Waals surface area contributed by atoms with Gasteiger partial charge in [0.1, 0.15) is 23.7 Å². The van der Waals surface area contributed by atoms with Crippen LogP contribution < -0.4 is 9.47 Å². The number of hydrogen-bond donors (Lipinski definition) is 0. The molecule has 1 aliphatic carbocycles. The van der Waals surface area contributed by atoms with Gasteiger partial charge >= 0.3 is 5.97 Å². The molecule has 0 heterocycles. The number of carbonyl (C=O) groups excluding carboxylic acids is 1. The van der Waals surface area contributed by atoms with Crippen molar-refractivity contribution in [2.75, 3.05) is 7.11 Å². The topological polar surface area (TPSA) is 131 Å². The number of methoxy groups -OCH3 is 1. The third kappa shape index (κ3) is 5.48. The lowest BCUT2D eigenvalue weighted by molar-refractivity contribution is -0.394. The number of nitro groups is 2. The van der Waals surface area contributed by atoms with Gasteiger partial charge in [0.25, 0.3) is 11.4 Å². The first-order chi connectivity index (χ1) is 16.7. The molecule has 3 aromatic rings. The molecule has 4 rings (SSSR count). The van der Waals surface area contributed by atoms with Crippen LogP contribution in [0.1, 0.15) is 36.5 Å². The van der Waals surface area contributed by atoms with Crippen LogP contribution in [0.2, 0.25) is 0 Å². The highest BCUT2D eigenvalue weighted by Crippen LogP contribution is 2.33. The van der Waals surface area contributed by atoms with Crippen LogP contribution in [0.3, 0.4) is 0 Å². The van der Waals surface area contributed by atoms with E-state index in [9.17, 15) is 25.0 Å². The van der Waals surface area contributed by atoms with Crippen LogP contribution in [-0.4, -0.2) is 35.1 Å². The predicted octanol–water partition coefficient (Wildman–Crippen LogP) is 5.46. The van der Waals surface area contributed by atoms with E-state index in [0.29, 0.717) is 24.5 Å². The normalized spacial score (nSPS) is 19.7. The van der Waals surface area contributed by atoms with Crippen LogP contribution in [-0.2, 0) is 4.74 Å². The first-order valence-corrected chi connectivity index (χ1v) is 11.1. The van der Waals surface area contributed by atoms with Crippen LogP contribution in [0.4, 0.5) is 11.4 Å². The summed E-state index contributed by atoms with van der Waals surface area (Å²) in [6, 6.07) is 14.2. The average molecular weight is 480 g/mol. The monoisotopic (exact) mass is 480 g/mol. The van der Waals surface area contributed by atoms with Crippen molar-refractivity contribution in [3.63, 3.8) is 0 Å². The van der Waals surface area contributed by atoms with Crippen LogP contribution in [0.15, 0.2) is 54.6 Å². The molecular formula is C25H24N2O8. The largest absolute Gasteiger partial charge is 0.497 e. The predicted molar refractivity (Wildman–Crippen MR) is 127 cm³/mol. The maximum atomic E-state index is 12.9. The minimum Gasteiger partial charge on any atom is -0.497 e. The number of rotatable bonds is 7. The molecule has 1 saturated carbocycles. The van der Waals surface area contributed by atoms with Gasteiger partial charge in [-0.25, -0.2) is 4.79 Å². The Bertz CT molecular complexity index is 1260. The summed E-state index contributed by atoms with van der Waals surface area (Å²) in [7, 11) is 1.60. The molecule has 0 unspecified atom stereocenters. The van der Waals surface area contributed by atoms with Gasteiger partial charge in [0.15, 0.2) is 0 Å². The molecule has 0 amide bonds. The fourth-order valence-electron chi connectivity index (χ4n) is 4.27. The second-order valence-electron chi connectivity index (χ2n) is 8.65. The highest BCUT2D eigenvalue weighted by molar-refractivity contribution is 5.91. The van der Waals surface area contributed by atoms with Gasteiger partial charge < -0.3 is 14.2 Å². The van der Waals surface area contributed by atoms with Gasteiger partial charge in [0.2, 0.25) is 0 Å². The van der Waals surface area contributed by atoms with Gasteiger partial charge in [-0.3, -0.25) is 20.2 Å². The van der Waals surface area contributed by atoms with E-state index in [4.69, 9.17) is 14.2 Å². The smallest absolute Gasteiger partial charge is 0.339 e. The molecule has 1 aliphatic rings. The van der Waals surface area contributed by atoms with Gasteiger partial charge in [0, 0.05) is 12.1 Å². The third-order valence-corrected chi connectivity index (χ3v) is 6.12.